The monoisotopic (exact) mass is 1540 g/mol. The third-order valence-corrected chi connectivity index (χ3v) is 24.2. The number of rotatable bonds is 9. The molecule has 596 valence electrons. The van der Waals surface area contributed by atoms with Crippen LogP contribution >= 0.6 is 0 Å². The average Bonchev–Trinajstić information content (AvgIpc) is 0.762. The van der Waals surface area contributed by atoms with Gasteiger partial charge in [0, 0.05) is 63.5 Å². The van der Waals surface area contributed by atoms with E-state index in [9.17, 15) is 0 Å². The lowest BCUT2D eigenvalue weighted by atomic mass is 9.83. The molecule has 0 unspecified atom stereocenters. The Morgan fingerprint density at radius 2 is 0.586 bits per heavy atom. The van der Waals surface area contributed by atoms with E-state index >= 15 is 0 Å². The summed E-state index contributed by atoms with van der Waals surface area (Å²) in [6.07, 6.45) is 0.249. The van der Waals surface area contributed by atoms with Crippen molar-refractivity contribution in [1.82, 2.24) is 0 Å². The molecule has 5 nitrogen and oxygen atoms in total. The van der Waals surface area contributed by atoms with Crippen LogP contribution in [0.4, 0.5) is 0 Å². The summed E-state index contributed by atoms with van der Waals surface area (Å²) in [5, 5.41) is 10.5. The van der Waals surface area contributed by atoms with E-state index in [-0.39, 0.29) is 23.0 Å². The summed E-state index contributed by atoms with van der Waals surface area (Å²) in [6, 6.07) is 71.2. The van der Waals surface area contributed by atoms with Gasteiger partial charge < -0.3 is 0 Å². The number of aryl methyl sites for hydroxylation is 4. The summed E-state index contributed by atoms with van der Waals surface area (Å²) in [7, 11) is 10.2. The molecule has 0 amide bonds. The standard InChI is InChI=1S/2C23H28N.2C22H26N.C21H24N/c1-15-12-19(23(4,5)6)14-21(17(15)3)22-20-11-9-8-10-18(20)13-16(2)24(22)7;1-15(2)19-13-21(16(3)4)17(5)22(14-19)23-20-10-8-7-9-18(20)11-12-24(23)6;1-14(2)19-11-15(3)17(5)21(13-19)22-20-10-8-7-9-18(20)12-16(4)23(22)6;1-15-11-12-18(22(3,4)5)14-20(15)21-19-10-8-7-9-17(19)13-16(2)23(21)6;1-14(2)17-11-10-15(3)20(13-17)21-19-9-7-6-8-18(19)12-16(4)22(21)5/h8-14H,1-7H3;7-16H,1-6H3;2*7-14H,1-6H3;6-14H,1-5H3/q5*+1/i13D;11D,12D;12D;13D;12D. The summed E-state index contributed by atoms with van der Waals surface area (Å²) in [6.45, 7) is 54.8. The average molecular weight is 1540 g/mol. The van der Waals surface area contributed by atoms with E-state index in [4.69, 9.17) is 8.22 Å². The van der Waals surface area contributed by atoms with E-state index < -0.39 is 0 Å². The van der Waals surface area contributed by atoms with Crippen LogP contribution < -0.4 is 22.8 Å². The van der Waals surface area contributed by atoms with Crippen molar-refractivity contribution in [2.24, 2.45) is 35.2 Å². The molecule has 0 aliphatic heterocycles. The predicted molar refractivity (Wildman–Crippen MR) is 499 cm³/mol. The fraction of sp³-hybridized carbons (Fsp3) is 0.324. The molecule has 5 heterocycles. The van der Waals surface area contributed by atoms with Crippen molar-refractivity contribution in [2.45, 2.75) is 208 Å². The first-order valence-corrected chi connectivity index (χ1v) is 41.8. The van der Waals surface area contributed by atoms with Crippen molar-refractivity contribution in [3.05, 3.63) is 326 Å². The van der Waals surface area contributed by atoms with Crippen molar-refractivity contribution in [3.8, 4) is 56.3 Å². The summed E-state index contributed by atoms with van der Waals surface area (Å²) in [4.78, 5) is 0. The minimum Gasteiger partial charge on any atom is -0.200 e. The fourth-order valence-electron chi connectivity index (χ4n) is 16.1. The first-order valence-electron chi connectivity index (χ1n) is 44.8. The number of hydrogen-bond acceptors (Lipinski definition) is 0. The van der Waals surface area contributed by atoms with Crippen LogP contribution in [-0.2, 0) is 46.1 Å². The van der Waals surface area contributed by atoms with E-state index in [2.05, 4.69) is 344 Å². The number of aromatic nitrogens is 5. The smallest absolute Gasteiger partial charge is 0.200 e. The van der Waals surface area contributed by atoms with Crippen molar-refractivity contribution < 1.29 is 31.1 Å². The molecule has 0 aliphatic carbocycles. The van der Waals surface area contributed by atoms with Gasteiger partial charge in [0.25, 0.3) is 0 Å². The van der Waals surface area contributed by atoms with Gasteiger partial charge in [-0.05, 0) is 243 Å². The maximum Gasteiger partial charge on any atom is 0.220 e. The van der Waals surface area contributed by atoms with E-state index in [0.717, 1.165) is 82.3 Å². The summed E-state index contributed by atoms with van der Waals surface area (Å²) in [5.41, 5.74) is 33.4. The summed E-state index contributed by atoms with van der Waals surface area (Å²) < 4.78 is 61.2. The Morgan fingerprint density at radius 3 is 0.974 bits per heavy atom. The molecule has 116 heavy (non-hydrogen) atoms. The number of benzene rings is 10. The molecule has 0 spiro atoms. The normalized spacial score (nSPS) is 12.4. The number of hydrogen-bond donors (Lipinski definition) is 0. The zero-order valence-corrected chi connectivity index (χ0v) is 75.5. The van der Waals surface area contributed by atoms with Gasteiger partial charge in [-0.1, -0.05) is 230 Å². The highest BCUT2D eigenvalue weighted by Gasteiger charge is 2.29. The molecule has 0 N–H and O–H groups in total. The number of fused-ring (bicyclic) bond motifs is 5. The van der Waals surface area contributed by atoms with Crippen molar-refractivity contribution >= 4 is 53.9 Å². The lowest BCUT2D eigenvalue weighted by molar-refractivity contribution is -0.665. The SMILES string of the molecule is [2H]c1c(C)[n+](C)c(-c2cc(C(C)(C)C)cc(C)c2C)c2ccccc12.[2H]c1c(C)[n+](C)c(-c2cc(C(C)(C)C)ccc2C)c2ccccc12.[2H]c1c(C)[n+](C)c(-c2cc(C(C)C)cc(C)c2C)c2ccccc12.[2H]c1c(C)[n+](C)c(-c2cc(C(C)C)ccc2C)c2ccccc12.[2H]c1c([2H])[n+](C)c(-c2cc(C(C)C)cc(C(C)C)c2C)c2ccccc12. The molecule has 15 aromatic rings. The molecule has 10 aromatic carbocycles. The van der Waals surface area contributed by atoms with Gasteiger partial charge in [0.05, 0.1) is 56.0 Å². The van der Waals surface area contributed by atoms with Crippen LogP contribution in [0.1, 0.15) is 224 Å². The second kappa shape index (κ2) is 35.4. The van der Waals surface area contributed by atoms with Gasteiger partial charge in [-0.2, -0.15) is 18.3 Å². The quantitative estimate of drug-likeness (QED) is 0.128. The molecule has 5 aromatic heterocycles. The van der Waals surface area contributed by atoms with Crippen LogP contribution in [0.5, 0.6) is 0 Å². The Labute approximate surface area is 705 Å². The zero-order valence-electron chi connectivity index (χ0n) is 81.5. The molecule has 0 atom stereocenters. The van der Waals surface area contributed by atoms with Gasteiger partial charge in [-0.15, -0.1) is 0 Å². The van der Waals surface area contributed by atoms with Crippen molar-refractivity contribution in [3.63, 3.8) is 0 Å². The van der Waals surface area contributed by atoms with E-state index in [1.54, 1.807) is 0 Å². The van der Waals surface area contributed by atoms with Gasteiger partial charge in [0.1, 0.15) is 36.6 Å². The summed E-state index contributed by atoms with van der Waals surface area (Å²) in [5.74, 6) is 1.88. The molecule has 0 bridgehead atoms. The highest BCUT2D eigenvalue weighted by atomic mass is 15.0. The lowest BCUT2D eigenvalue weighted by Crippen LogP contribution is -2.35. The first-order chi connectivity index (χ1) is 57.3. The Hall–Kier alpha value is -10.8. The van der Waals surface area contributed by atoms with E-state index in [0.29, 0.717) is 47.8 Å². The maximum atomic E-state index is 8.50. The van der Waals surface area contributed by atoms with Crippen LogP contribution in [0.2, 0.25) is 0 Å². The first kappa shape index (κ1) is 77.8. The Morgan fingerprint density at radius 1 is 0.276 bits per heavy atom. The molecule has 15 rings (SSSR count). The maximum absolute atomic E-state index is 8.50. The van der Waals surface area contributed by atoms with Gasteiger partial charge >= 0.3 is 0 Å². The molecular weight excluding hydrogens is 1400 g/mol. The largest absolute Gasteiger partial charge is 0.220 e. The fourth-order valence-corrected chi connectivity index (χ4v) is 16.1. The molecular formula is C111H132N5+5. The summed E-state index contributed by atoms with van der Waals surface area (Å²) >= 11 is 0. The third kappa shape index (κ3) is 18.2. The highest BCUT2D eigenvalue weighted by Crippen LogP contribution is 2.40. The zero-order chi connectivity index (χ0) is 89.6. The minimum absolute atomic E-state index is 0.103. The number of nitrogens with zero attached hydrogens (tertiary/aromatic N) is 5. The van der Waals surface area contributed by atoms with Crippen LogP contribution in [0.3, 0.4) is 0 Å². The molecule has 5 heteroatoms. The Bertz CT molecular complexity index is 6560. The predicted octanol–water partition coefficient (Wildman–Crippen LogP) is 27.1. The van der Waals surface area contributed by atoms with E-state index in [1.807, 2.05) is 81.8 Å². The topological polar surface area (TPSA) is 19.4 Å². The van der Waals surface area contributed by atoms with Gasteiger partial charge in [0.2, 0.25) is 28.5 Å². The second-order valence-corrected chi connectivity index (χ2v) is 35.8. The van der Waals surface area contributed by atoms with Crippen LogP contribution in [0, 0.1) is 76.2 Å². The molecule has 0 saturated heterocycles. The second-order valence-electron chi connectivity index (χ2n) is 35.8. The van der Waals surface area contributed by atoms with Crippen molar-refractivity contribution in [1.29, 1.82) is 0 Å². The van der Waals surface area contributed by atoms with Gasteiger partial charge in [-0.3, -0.25) is 0 Å². The number of pyridine rings is 5. The van der Waals surface area contributed by atoms with Gasteiger partial charge in [-0.25, -0.2) is 4.57 Å². The van der Waals surface area contributed by atoms with Crippen LogP contribution in [0.25, 0.3) is 110 Å². The highest BCUT2D eigenvalue weighted by molar-refractivity contribution is 5.98. The van der Waals surface area contributed by atoms with Crippen LogP contribution in [-0.4, -0.2) is 0 Å². The minimum atomic E-state index is 0.103. The third-order valence-electron chi connectivity index (χ3n) is 24.2. The molecule has 0 fully saturated rings. The lowest BCUT2D eigenvalue weighted by Gasteiger charge is -2.22. The van der Waals surface area contributed by atoms with Crippen LogP contribution in [0.15, 0.2) is 231 Å². The molecule has 0 saturated carbocycles. The van der Waals surface area contributed by atoms with Gasteiger partial charge in [0.15, 0.2) is 28.9 Å². The Balaban J connectivity index is 0.000000149. The molecule has 0 radical (unpaired) electrons. The molecule has 0 aliphatic rings. The van der Waals surface area contributed by atoms with E-state index in [1.165, 1.54) is 123 Å². The van der Waals surface area contributed by atoms with Crippen molar-refractivity contribution in [2.75, 3.05) is 0 Å². The Kier molecular flexibility index (Phi) is 23.7.